The molecule has 0 radical (unpaired) electrons. The summed E-state index contributed by atoms with van der Waals surface area (Å²) in [4.78, 5) is 29.9. The Balaban J connectivity index is 1.75. The van der Waals surface area contributed by atoms with Crippen molar-refractivity contribution >= 4 is 27.5 Å². The van der Waals surface area contributed by atoms with Gasteiger partial charge in [0.1, 0.15) is 18.3 Å². The third-order valence-electron chi connectivity index (χ3n) is 7.98. The number of methoxy groups -OCH3 is 1. The molecule has 1 fully saturated rings. The summed E-state index contributed by atoms with van der Waals surface area (Å²) < 4.78 is 32.8. The number of carbonyl (C=O) groups is 2. The molecule has 3 aromatic rings. The maximum Gasteiger partial charge on any atom is 0.244 e. The predicted molar refractivity (Wildman–Crippen MR) is 171 cm³/mol. The molecule has 0 aliphatic heterocycles. The molecule has 0 heterocycles. The molecule has 43 heavy (non-hydrogen) atoms. The highest BCUT2D eigenvalue weighted by atomic mass is 32.2. The lowest BCUT2D eigenvalue weighted by atomic mass is 9.94. The van der Waals surface area contributed by atoms with E-state index in [1.165, 1.54) is 12.0 Å². The van der Waals surface area contributed by atoms with E-state index in [9.17, 15) is 18.0 Å². The first-order chi connectivity index (χ1) is 20.5. The van der Waals surface area contributed by atoms with Crippen LogP contribution in [0.15, 0.2) is 72.8 Å². The summed E-state index contributed by atoms with van der Waals surface area (Å²) in [5.74, 6) is -0.366. The van der Waals surface area contributed by atoms with Gasteiger partial charge in [-0.3, -0.25) is 13.9 Å². The van der Waals surface area contributed by atoms with Crippen LogP contribution in [0.3, 0.4) is 0 Å². The summed E-state index contributed by atoms with van der Waals surface area (Å²) in [7, 11) is -2.43. The summed E-state index contributed by atoms with van der Waals surface area (Å²) in [5.41, 5.74) is 3.93. The third kappa shape index (κ3) is 8.83. The normalized spacial score (nSPS) is 14.5. The van der Waals surface area contributed by atoms with Crippen molar-refractivity contribution in [2.75, 3.05) is 24.2 Å². The van der Waals surface area contributed by atoms with Crippen LogP contribution in [0.2, 0.25) is 0 Å². The van der Waals surface area contributed by atoms with Crippen LogP contribution >= 0.6 is 0 Å². The minimum Gasteiger partial charge on any atom is -0.495 e. The van der Waals surface area contributed by atoms with Crippen molar-refractivity contribution in [1.29, 1.82) is 0 Å². The van der Waals surface area contributed by atoms with Crippen LogP contribution in [0.5, 0.6) is 5.75 Å². The van der Waals surface area contributed by atoms with Crippen LogP contribution in [0.1, 0.15) is 54.4 Å². The van der Waals surface area contributed by atoms with E-state index in [0.717, 1.165) is 64.9 Å². The maximum absolute atomic E-state index is 14.4. The zero-order valence-electron chi connectivity index (χ0n) is 25.6. The molecular weight excluding hydrogens is 562 g/mol. The molecule has 1 atom stereocenters. The van der Waals surface area contributed by atoms with Crippen LogP contribution < -0.4 is 14.4 Å². The first kappa shape index (κ1) is 32.1. The Hall–Kier alpha value is -3.85. The fourth-order valence-electron chi connectivity index (χ4n) is 5.58. The molecular formula is C34H43N3O5S. The van der Waals surface area contributed by atoms with Gasteiger partial charge in [-0.25, -0.2) is 8.42 Å². The van der Waals surface area contributed by atoms with Gasteiger partial charge < -0.3 is 15.0 Å². The largest absolute Gasteiger partial charge is 0.495 e. The van der Waals surface area contributed by atoms with E-state index in [4.69, 9.17) is 4.74 Å². The summed E-state index contributed by atoms with van der Waals surface area (Å²) in [6.07, 6.45) is 6.45. The first-order valence-electron chi connectivity index (χ1n) is 14.9. The minimum absolute atomic E-state index is 0.0555. The molecule has 1 aliphatic rings. The van der Waals surface area contributed by atoms with Crippen LogP contribution in [0.25, 0.3) is 0 Å². The number of rotatable bonds is 12. The predicted octanol–water partition coefficient (Wildman–Crippen LogP) is 5.17. The van der Waals surface area contributed by atoms with Gasteiger partial charge in [-0.15, -0.1) is 0 Å². The van der Waals surface area contributed by atoms with Gasteiger partial charge >= 0.3 is 0 Å². The Bertz CT molecular complexity index is 1490. The molecule has 4 rings (SSSR count). The van der Waals surface area contributed by atoms with Crippen LogP contribution in [0, 0.1) is 13.8 Å². The molecule has 230 valence electrons. The van der Waals surface area contributed by atoms with E-state index in [2.05, 4.69) is 5.32 Å². The Labute approximate surface area is 256 Å². The van der Waals surface area contributed by atoms with Crippen molar-refractivity contribution in [1.82, 2.24) is 10.2 Å². The van der Waals surface area contributed by atoms with Crippen LogP contribution in [0.4, 0.5) is 5.69 Å². The van der Waals surface area contributed by atoms with E-state index >= 15 is 0 Å². The van der Waals surface area contributed by atoms with E-state index in [0.29, 0.717) is 12.2 Å². The second kappa shape index (κ2) is 14.6. The molecule has 9 heteroatoms. The van der Waals surface area contributed by atoms with Gasteiger partial charge in [-0.1, -0.05) is 85.5 Å². The molecule has 8 nitrogen and oxygen atoms in total. The number of sulfonamides is 1. The number of nitrogens with zero attached hydrogens (tertiary/aromatic N) is 2. The fraction of sp³-hybridized carbons (Fsp3) is 0.412. The Kier molecular flexibility index (Phi) is 10.9. The number of carbonyl (C=O) groups excluding carboxylic acids is 2. The standard InChI is InChI=1S/C34H43N3O5S/c1-25-15-18-28(19-16-25)23-36(33(38)24-37(43(4,40)41)30-21-26(2)17-20-32(30)42-3)31(22-27-11-7-5-8-12-27)34(39)35-29-13-9-6-10-14-29/h5,7-8,11-12,15-21,29,31H,6,9-10,13-14,22-24H2,1-4H3,(H,35,39). The van der Waals surface area contributed by atoms with Crippen molar-refractivity contribution < 1.29 is 22.7 Å². The molecule has 1 aliphatic carbocycles. The summed E-state index contributed by atoms with van der Waals surface area (Å²) in [6, 6.07) is 21.8. The number of hydrogen-bond acceptors (Lipinski definition) is 5. The Morgan fingerprint density at radius 1 is 0.907 bits per heavy atom. The lowest BCUT2D eigenvalue weighted by molar-refractivity contribution is -0.140. The Morgan fingerprint density at radius 2 is 1.56 bits per heavy atom. The topological polar surface area (TPSA) is 96.0 Å². The average Bonchev–Trinajstić information content (AvgIpc) is 2.99. The number of nitrogens with one attached hydrogen (secondary N) is 1. The van der Waals surface area contributed by atoms with Crippen LogP contribution in [-0.4, -0.2) is 57.1 Å². The summed E-state index contributed by atoms with van der Waals surface area (Å²) >= 11 is 0. The van der Waals surface area contributed by atoms with Crippen molar-refractivity contribution in [2.24, 2.45) is 0 Å². The second-order valence-electron chi connectivity index (χ2n) is 11.5. The highest BCUT2D eigenvalue weighted by molar-refractivity contribution is 7.92. The highest BCUT2D eigenvalue weighted by Crippen LogP contribution is 2.31. The smallest absolute Gasteiger partial charge is 0.244 e. The average molecular weight is 606 g/mol. The van der Waals surface area contributed by atoms with E-state index in [1.54, 1.807) is 12.1 Å². The van der Waals surface area contributed by atoms with Gasteiger partial charge in [-0.05, 0) is 55.5 Å². The lowest BCUT2D eigenvalue weighted by Gasteiger charge is -2.35. The van der Waals surface area contributed by atoms with Crippen LogP contribution in [-0.2, 0) is 32.6 Å². The monoisotopic (exact) mass is 605 g/mol. The molecule has 0 spiro atoms. The number of aryl methyl sites for hydroxylation is 2. The zero-order chi connectivity index (χ0) is 31.0. The van der Waals surface area contributed by atoms with Crippen molar-refractivity contribution in [3.8, 4) is 5.75 Å². The van der Waals surface area contributed by atoms with E-state index in [1.807, 2.05) is 74.5 Å². The molecule has 2 amide bonds. The fourth-order valence-corrected chi connectivity index (χ4v) is 6.42. The SMILES string of the molecule is COc1ccc(C)cc1N(CC(=O)N(Cc1ccc(C)cc1)C(Cc1ccccc1)C(=O)NC1CCCCC1)S(C)(=O)=O. The second-order valence-corrected chi connectivity index (χ2v) is 13.4. The molecule has 1 saturated carbocycles. The van der Waals surface area contributed by atoms with Gasteiger partial charge in [0.25, 0.3) is 0 Å². The van der Waals surface area contributed by atoms with Gasteiger partial charge in [0.2, 0.25) is 21.8 Å². The molecule has 1 unspecified atom stereocenters. The van der Waals surface area contributed by atoms with Gasteiger partial charge in [0.15, 0.2) is 0 Å². The van der Waals surface area contributed by atoms with Gasteiger partial charge in [0, 0.05) is 19.0 Å². The van der Waals surface area contributed by atoms with E-state index in [-0.39, 0.29) is 24.2 Å². The van der Waals surface area contributed by atoms with E-state index < -0.39 is 28.5 Å². The summed E-state index contributed by atoms with van der Waals surface area (Å²) in [5, 5.41) is 3.23. The number of ether oxygens (including phenoxy) is 1. The number of amides is 2. The highest BCUT2D eigenvalue weighted by Gasteiger charge is 2.34. The number of anilines is 1. The van der Waals surface area contributed by atoms with Gasteiger partial charge in [0.05, 0.1) is 19.1 Å². The third-order valence-corrected chi connectivity index (χ3v) is 9.10. The molecule has 0 bridgehead atoms. The minimum atomic E-state index is -3.90. The number of hydrogen-bond donors (Lipinski definition) is 1. The molecule has 1 N–H and O–H groups in total. The summed E-state index contributed by atoms with van der Waals surface area (Å²) in [6.45, 7) is 3.51. The van der Waals surface area contributed by atoms with Crippen molar-refractivity contribution in [2.45, 2.75) is 71.0 Å². The van der Waals surface area contributed by atoms with Crippen molar-refractivity contribution in [3.05, 3.63) is 95.1 Å². The first-order valence-corrected chi connectivity index (χ1v) is 16.7. The zero-order valence-corrected chi connectivity index (χ0v) is 26.4. The quantitative estimate of drug-likeness (QED) is 0.308. The molecule has 0 aromatic heterocycles. The maximum atomic E-state index is 14.4. The molecule has 3 aromatic carbocycles. The number of benzene rings is 3. The lowest BCUT2D eigenvalue weighted by Crippen LogP contribution is -2.55. The van der Waals surface area contributed by atoms with Gasteiger partial charge in [-0.2, -0.15) is 0 Å². The Morgan fingerprint density at radius 3 is 2.19 bits per heavy atom. The molecule has 0 saturated heterocycles. The van der Waals surface area contributed by atoms with Crippen molar-refractivity contribution in [3.63, 3.8) is 0 Å².